The highest BCUT2D eigenvalue weighted by molar-refractivity contribution is 9.10. The number of aryl methyl sites for hydroxylation is 1. The van der Waals surface area contributed by atoms with E-state index in [-0.39, 0.29) is 10.2 Å². The van der Waals surface area contributed by atoms with E-state index < -0.39 is 11.6 Å². The van der Waals surface area contributed by atoms with Gasteiger partial charge in [-0.3, -0.25) is 0 Å². The molecule has 2 aromatic rings. The van der Waals surface area contributed by atoms with Crippen molar-refractivity contribution in [2.24, 2.45) is 0 Å². The van der Waals surface area contributed by atoms with E-state index in [0.29, 0.717) is 18.0 Å². The van der Waals surface area contributed by atoms with Gasteiger partial charge in [-0.1, -0.05) is 5.21 Å². The van der Waals surface area contributed by atoms with Crippen LogP contribution >= 0.6 is 27.5 Å². The molecule has 1 aromatic heterocycles. The van der Waals surface area contributed by atoms with Crippen LogP contribution in [-0.4, -0.2) is 20.9 Å². The molecule has 0 unspecified atom stereocenters. The third-order valence-electron chi connectivity index (χ3n) is 2.10. The fraction of sp³-hybridized carbons (Fsp3) is 0.200. The molecule has 0 aliphatic carbocycles. The average Bonchev–Trinajstić information content (AvgIpc) is 2.65. The minimum Gasteiger partial charge on any atom is -0.216 e. The number of rotatable bonds is 3. The summed E-state index contributed by atoms with van der Waals surface area (Å²) in [5.74, 6) is -0.954. The fourth-order valence-electron chi connectivity index (χ4n) is 1.37. The summed E-state index contributed by atoms with van der Waals surface area (Å²) < 4.78 is 28.1. The Kier molecular flexibility index (Phi) is 3.73. The number of nitrogens with zero attached hydrogens (tertiary/aromatic N) is 3. The van der Waals surface area contributed by atoms with Crippen LogP contribution < -0.4 is 0 Å². The van der Waals surface area contributed by atoms with E-state index >= 15 is 0 Å². The Labute approximate surface area is 110 Å². The number of aromatic nitrogens is 3. The Morgan fingerprint density at radius 2 is 2.12 bits per heavy atom. The molecule has 0 saturated carbocycles. The van der Waals surface area contributed by atoms with Crippen molar-refractivity contribution in [1.29, 1.82) is 0 Å². The van der Waals surface area contributed by atoms with Crippen molar-refractivity contribution in [3.63, 3.8) is 0 Å². The summed E-state index contributed by atoms with van der Waals surface area (Å²) in [7, 11) is 0. The Bertz CT molecular complexity index is 521. The largest absolute Gasteiger partial charge is 0.216 e. The molecular formula is C10H7BrClF2N3. The number of halogens is 4. The van der Waals surface area contributed by atoms with Gasteiger partial charge >= 0.3 is 0 Å². The van der Waals surface area contributed by atoms with E-state index in [1.54, 1.807) is 6.20 Å². The van der Waals surface area contributed by atoms with Crippen LogP contribution in [0.4, 0.5) is 8.78 Å². The van der Waals surface area contributed by atoms with Gasteiger partial charge in [0.05, 0.1) is 11.9 Å². The molecular weight excluding hydrogens is 315 g/mol. The molecule has 3 nitrogen and oxygen atoms in total. The van der Waals surface area contributed by atoms with E-state index in [1.807, 2.05) is 0 Å². The molecule has 0 atom stereocenters. The van der Waals surface area contributed by atoms with Gasteiger partial charge in [-0.05, 0) is 22.0 Å². The van der Waals surface area contributed by atoms with Crippen molar-refractivity contribution in [1.82, 2.24) is 15.0 Å². The molecule has 0 aliphatic rings. The summed E-state index contributed by atoms with van der Waals surface area (Å²) >= 11 is 8.65. The Hall–Kier alpha value is -1.01. The topological polar surface area (TPSA) is 30.7 Å². The van der Waals surface area contributed by atoms with E-state index in [2.05, 4.69) is 26.2 Å². The van der Waals surface area contributed by atoms with Crippen molar-refractivity contribution >= 4 is 27.5 Å². The lowest BCUT2D eigenvalue weighted by Crippen LogP contribution is -2.01. The molecule has 90 valence electrons. The number of benzene rings is 1. The van der Waals surface area contributed by atoms with E-state index in [9.17, 15) is 8.78 Å². The van der Waals surface area contributed by atoms with Crippen molar-refractivity contribution in [2.75, 3.05) is 5.88 Å². The first-order chi connectivity index (χ1) is 8.11. The van der Waals surface area contributed by atoms with Crippen LogP contribution in [0.2, 0.25) is 0 Å². The monoisotopic (exact) mass is 321 g/mol. The Morgan fingerprint density at radius 3 is 2.76 bits per heavy atom. The molecule has 7 heteroatoms. The quantitative estimate of drug-likeness (QED) is 0.813. The van der Waals surface area contributed by atoms with Gasteiger partial charge in [-0.15, -0.1) is 16.7 Å². The molecule has 0 bridgehead atoms. The molecule has 1 heterocycles. The molecule has 0 radical (unpaired) electrons. The van der Waals surface area contributed by atoms with Gasteiger partial charge in [-0.2, -0.15) is 0 Å². The zero-order valence-corrected chi connectivity index (χ0v) is 10.8. The van der Waals surface area contributed by atoms with Crippen LogP contribution in [-0.2, 0) is 6.42 Å². The normalized spacial score (nSPS) is 10.8. The first-order valence-corrected chi connectivity index (χ1v) is 6.06. The Morgan fingerprint density at radius 1 is 1.35 bits per heavy atom. The van der Waals surface area contributed by atoms with Gasteiger partial charge in [0.2, 0.25) is 0 Å². The molecule has 0 N–H and O–H groups in total. The number of alkyl halides is 1. The fourth-order valence-corrected chi connectivity index (χ4v) is 2.16. The van der Waals surface area contributed by atoms with Gasteiger partial charge in [0.15, 0.2) is 5.82 Å². The summed E-state index contributed by atoms with van der Waals surface area (Å²) in [5, 5.41) is 7.61. The van der Waals surface area contributed by atoms with Crippen LogP contribution in [0, 0.1) is 11.6 Å². The zero-order chi connectivity index (χ0) is 12.4. The lowest BCUT2D eigenvalue weighted by Gasteiger charge is -2.04. The van der Waals surface area contributed by atoms with Crippen molar-refractivity contribution in [3.05, 3.63) is 40.1 Å². The van der Waals surface area contributed by atoms with Gasteiger partial charge in [-0.25, -0.2) is 13.5 Å². The second-order valence-electron chi connectivity index (χ2n) is 3.31. The predicted octanol–water partition coefficient (Wildman–Crippen LogP) is 3.09. The van der Waals surface area contributed by atoms with Gasteiger partial charge in [0, 0.05) is 22.8 Å². The van der Waals surface area contributed by atoms with Gasteiger partial charge in [0.25, 0.3) is 0 Å². The maximum absolute atomic E-state index is 13.6. The van der Waals surface area contributed by atoms with Gasteiger partial charge < -0.3 is 0 Å². The summed E-state index contributed by atoms with van der Waals surface area (Å²) in [6.45, 7) is 0. The highest BCUT2D eigenvalue weighted by atomic mass is 79.9. The SMILES string of the molecule is Fc1cc(F)c(-n2cc(CCCl)nn2)c(Br)c1. The second-order valence-corrected chi connectivity index (χ2v) is 4.54. The molecule has 17 heavy (non-hydrogen) atoms. The Balaban J connectivity index is 2.45. The summed E-state index contributed by atoms with van der Waals surface area (Å²) in [6, 6.07) is 1.96. The summed E-state index contributed by atoms with van der Waals surface area (Å²) in [4.78, 5) is 0. The van der Waals surface area contributed by atoms with E-state index in [4.69, 9.17) is 11.6 Å². The third-order valence-corrected chi connectivity index (χ3v) is 2.90. The smallest absolute Gasteiger partial charge is 0.152 e. The number of hydrogen-bond acceptors (Lipinski definition) is 2. The first-order valence-electron chi connectivity index (χ1n) is 4.74. The van der Waals surface area contributed by atoms with E-state index in [1.165, 1.54) is 10.7 Å². The van der Waals surface area contributed by atoms with Crippen molar-refractivity contribution < 1.29 is 8.78 Å². The average molecular weight is 323 g/mol. The third kappa shape index (κ3) is 2.63. The summed E-state index contributed by atoms with van der Waals surface area (Å²) in [5.41, 5.74) is 0.773. The first kappa shape index (κ1) is 12.4. The predicted molar refractivity (Wildman–Crippen MR) is 63.4 cm³/mol. The van der Waals surface area contributed by atoms with Crippen LogP contribution in [0.25, 0.3) is 5.69 Å². The lowest BCUT2D eigenvalue weighted by molar-refractivity contribution is 0.570. The zero-order valence-electron chi connectivity index (χ0n) is 8.50. The second kappa shape index (κ2) is 5.10. The minimum absolute atomic E-state index is 0.125. The molecule has 1 aromatic carbocycles. The molecule has 0 saturated heterocycles. The van der Waals surface area contributed by atoms with Crippen LogP contribution in [0.15, 0.2) is 22.8 Å². The maximum atomic E-state index is 13.6. The van der Waals surface area contributed by atoms with Crippen LogP contribution in [0.5, 0.6) is 0 Å². The molecule has 0 aliphatic heterocycles. The summed E-state index contributed by atoms with van der Waals surface area (Å²) in [6.07, 6.45) is 2.10. The van der Waals surface area contributed by atoms with Crippen molar-refractivity contribution in [3.8, 4) is 5.69 Å². The minimum atomic E-state index is -0.709. The van der Waals surface area contributed by atoms with Crippen LogP contribution in [0.1, 0.15) is 5.69 Å². The van der Waals surface area contributed by atoms with Crippen LogP contribution in [0.3, 0.4) is 0 Å². The van der Waals surface area contributed by atoms with E-state index in [0.717, 1.165) is 6.07 Å². The maximum Gasteiger partial charge on any atom is 0.152 e. The number of hydrogen-bond donors (Lipinski definition) is 0. The molecule has 0 amide bonds. The molecule has 0 fully saturated rings. The molecule has 2 rings (SSSR count). The molecule has 0 spiro atoms. The lowest BCUT2D eigenvalue weighted by atomic mass is 10.3. The standard InChI is InChI=1S/C10H7BrClF2N3/c11-8-3-6(13)4-9(14)10(8)17-5-7(1-2-12)15-16-17/h3-5H,1-2H2. The highest BCUT2D eigenvalue weighted by Gasteiger charge is 2.13. The van der Waals surface area contributed by atoms with Gasteiger partial charge in [0.1, 0.15) is 11.5 Å². The highest BCUT2D eigenvalue weighted by Crippen LogP contribution is 2.24. The van der Waals surface area contributed by atoms with Crippen molar-refractivity contribution in [2.45, 2.75) is 6.42 Å².